The molecule has 140 valence electrons. The van der Waals surface area contributed by atoms with Gasteiger partial charge in [0.1, 0.15) is 11.5 Å². The van der Waals surface area contributed by atoms with Gasteiger partial charge >= 0.3 is 0 Å². The lowest BCUT2D eigenvalue weighted by Gasteiger charge is -2.31. The van der Waals surface area contributed by atoms with E-state index in [-0.39, 0.29) is 17.9 Å². The highest BCUT2D eigenvalue weighted by Crippen LogP contribution is 2.44. The molecule has 1 amide bonds. The van der Waals surface area contributed by atoms with Crippen LogP contribution in [0.25, 0.3) is 0 Å². The quantitative estimate of drug-likeness (QED) is 0.815. The molecule has 0 atom stereocenters. The van der Waals surface area contributed by atoms with Gasteiger partial charge in [0.05, 0.1) is 18.7 Å². The van der Waals surface area contributed by atoms with Crippen molar-refractivity contribution in [3.8, 4) is 17.6 Å². The number of methoxy groups -OCH3 is 1. The van der Waals surface area contributed by atoms with Crippen molar-refractivity contribution in [1.29, 1.82) is 5.26 Å². The van der Waals surface area contributed by atoms with Crippen molar-refractivity contribution in [3.05, 3.63) is 59.7 Å². The standard InChI is InChI=1S/C22H24N2O3/c1-26-20-7-3-2-6-19(20)22(12-4-5-13-22)16-24-21(25)15-27-18-10-8-17(14-23)9-11-18/h2-3,6-11H,4-5,12-13,15-16H2,1H3,(H,24,25). The number of amides is 1. The second-order valence-electron chi connectivity index (χ2n) is 6.89. The minimum absolute atomic E-state index is 0.0477. The zero-order valence-corrected chi connectivity index (χ0v) is 15.5. The van der Waals surface area contributed by atoms with Crippen LogP contribution >= 0.6 is 0 Å². The van der Waals surface area contributed by atoms with E-state index in [1.54, 1.807) is 31.4 Å². The highest BCUT2D eigenvalue weighted by molar-refractivity contribution is 5.77. The minimum atomic E-state index is -0.152. The summed E-state index contributed by atoms with van der Waals surface area (Å²) in [5.41, 5.74) is 1.64. The Balaban J connectivity index is 1.61. The van der Waals surface area contributed by atoms with E-state index < -0.39 is 0 Å². The predicted molar refractivity (Wildman–Crippen MR) is 103 cm³/mol. The Morgan fingerprint density at radius 1 is 1.15 bits per heavy atom. The van der Waals surface area contributed by atoms with Crippen molar-refractivity contribution >= 4 is 5.91 Å². The molecule has 5 nitrogen and oxygen atoms in total. The summed E-state index contributed by atoms with van der Waals surface area (Å²) >= 11 is 0. The first kappa shape index (κ1) is 18.8. The summed E-state index contributed by atoms with van der Waals surface area (Å²) in [4.78, 5) is 12.3. The Morgan fingerprint density at radius 2 is 1.85 bits per heavy atom. The fourth-order valence-corrected chi connectivity index (χ4v) is 3.77. The fourth-order valence-electron chi connectivity index (χ4n) is 3.77. The van der Waals surface area contributed by atoms with Gasteiger partial charge in [-0.1, -0.05) is 31.0 Å². The third-order valence-electron chi connectivity index (χ3n) is 5.22. The number of para-hydroxylation sites is 1. The molecular formula is C22H24N2O3. The first-order valence-electron chi connectivity index (χ1n) is 9.20. The molecule has 2 aromatic rings. The average molecular weight is 364 g/mol. The summed E-state index contributed by atoms with van der Waals surface area (Å²) in [5, 5.41) is 11.8. The zero-order valence-electron chi connectivity index (χ0n) is 15.5. The molecule has 27 heavy (non-hydrogen) atoms. The molecule has 0 bridgehead atoms. The predicted octanol–water partition coefficient (Wildman–Crippen LogP) is 3.57. The van der Waals surface area contributed by atoms with Crippen molar-refractivity contribution in [2.75, 3.05) is 20.3 Å². The molecule has 0 aromatic heterocycles. The molecule has 3 rings (SSSR count). The van der Waals surface area contributed by atoms with Crippen LogP contribution in [-0.4, -0.2) is 26.2 Å². The van der Waals surface area contributed by atoms with Crippen LogP contribution < -0.4 is 14.8 Å². The average Bonchev–Trinajstić information content (AvgIpc) is 3.21. The summed E-state index contributed by atoms with van der Waals surface area (Å²) in [7, 11) is 1.69. The van der Waals surface area contributed by atoms with Crippen LogP contribution in [0.15, 0.2) is 48.5 Å². The molecule has 0 radical (unpaired) electrons. The largest absolute Gasteiger partial charge is 0.496 e. The maximum Gasteiger partial charge on any atom is 0.257 e. The van der Waals surface area contributed by atoms with Crippen molar-refractivity contribution in [1.82, 2.24) is 5.32 Å². The van der Waals surface area contributed by atoms with Crippen molar-refractivity contribution in [3.63, 3.8) is 0 Å². The smallest absolute Gasteiger partial charge is 0.257 e. The van der Waals surface area contributed by atoms with Crippen LogP contribution in [0.5, 0.6) is 11.5 Å². The lowest BCUT2D eigenvalue weighted by Crippen LogP contribution is -2.41. The summed E-state index contributed by atoms with van der Waals surface area (Å²) in [5.74, 6) is 1.30. The highest BCUT2D eigenvalue weighted by atomic mass is 16.5. The van der Waals surface area contributed by atoms with Crippen molar-refractivity contribution in [2.45, 2.75) is 31.1 Å². The Hall–Kier alpha value is -3.00. The van der Waals surface area contributed by atoms with E-state index >= 15 is 0 Å². The number of rotatable bonds is 7. The molecule has 1 aliphatic rings. The molecule has 1 saturated carbocycles. The molecule has 5 heteroatoms. The van der Waals surface area contributed by atoms with Crippen LogP contribution in [0.1, 0.15) is 36.8 Å². The van der Waals surface area contributed by atoms with Gasteiger partial charge < -0.3 is 14.8 Å². The zero-order chi connectivity index (χ0) is 19.1. The normalized spacial score (nSPS) is 15.0. The Bertz CT molecular complexity index is 818. The summed E-state index contributed by atoms with van der Waals surface area (Å²) in [6.07, 6.45) is 4.36. The van der Waals surface area contributed by atoms with Gasteiger partial charge in [0.25, 0.3) is 5.91 Å². The number of ether oxygens (including phenoxy) is 2. The first-order valence-corrected chi connectivity index (χ1v) is 9.20. The number of benzene rings is 2. The summed E-state index contributed by atoms with van der Waals surface area (Å²) < 4.78 is 11.1. The number of nitrogens with one attached hydrogen (secondary N) is 1. The van der Waals surface area contributed by atoms with E-state index in [4.69, 9.17) is 14.7 Å². The van der Waals surface area contributed by atoms with Gasteiger partial charge in [-0.25, -0.2) is 0 Å². The van der Waals surface area contributed by atoms with Gasteiger partial charge in [-0.05, 0) is 43.2 Å². The maximum atomic E-state index is 12.3. The van der Waals surface area contributed by atoms with Crippen LogP contribution in [0.4, 0.5) is 0 Å². The number of carbonyl (C=O) groups is 1. The number of nitrogens with zero attached hydrogens (tertiary/aromatic N) is 1. The van der Waals surface area contributed by atoms with E-state index in [1.807, 2.05) is 18.2 Å². The lowest BCUT2D eigenvalue weighted by atomic mass is 9.78. The van der Waals surface area contributed by atoms with Gasteiger partial charge in [0.15, 0.2) is 6.61 Å². The summed E-state index contributed by atoms with van der Waals surface area (Å²) in [6.45, 7) is 0.525. The molecule has 1 aliphatic carbocycles. The number of hydrogen-bond donors (Lipinski definition) is 1. The molecule has 1 N–H and O–H groups in total. The Morgan fingerprint density at radius 3 is 2.52 bits per heavy atom. The van der Waals surface area contributed by atoms with Gasteiger partial charge in [-0.3, -0.25) is 4.79 Å². The van der Waals surface area contributed by atoms with E-state index in [2.05, 4.69) is 17.5 Å². The monoisotopic (exact) mass is 364 g/mol. The van der Waals surface area contributed by atoms with Gasteiger partial charge in [-0.15, -0.1) is 0 Å². The molecule has 0 aliphatic heterocycles. The van der Waals surface area contributed by atoms with E-state index in [0.717, 1.165) is 31.4 Å². The molecular weight excluding hydrogens is 340 g/mol. The van der Waals surface area contributed by atoms with Gasteiger partial charge in [0.2, 0.25) is 0 Å². The highest BCUT2D eigenvalue weighted by Gasteiger charge is 2.37. The number of hydrogen-bond acceptors (Lipinski definition) is 4. The van der Waals surface area contributed by atoms with Crippen molar-refractivity contribution in [2.24, 2.45) is 0 Å². The number of nitriles is 1. The topological polar surface area (TPSA) is 71.3 Å². The van der Waals surface area contributed by atoms with Crippen LogP contribution in [0, 0.1) is 11.3 Å². The molecule has 0 unspecified atom stereocenters. The second kappa shape index (κ2) is 8.59. The molecule has 0 saturated heterocycles. The molecule has 2 aromatic carbocycles. The lowest BCUT2D eigenvalue weighted by molar-refractivity contribution is -0.123. The third kappa shape index (κ3) is 4.40. The second-order valence-corrected chi connectivity index (χ2v) is 6.89. The third-order valence-corrected chi connectivity index (χ3v) is 5.22. The SMILES string of the molecule is COc1ccccc1C1(CNC(=O)COc2ccc(C#N)cc2)CCCC1. The molecule has 0 heterocycles. The maximum absolute atomic E-state index is 12.3. The van der Waals surface area contributed by atoms with Crippen LogP contribution in [-0.2, 0) is 10.2 Å². The van der Waals surface area contributed by atoms with Crippen molar-refractivity contribution < 1.29 is 14.3 Å². The van der Waals surface area contributed by atoms with Gasteiger partial charge in [0, 0.05) is 17.5 Å². The van der Waals surface area contributed by atoms with Crippen LogP contribution in [0.2, 0.25) is 0 Å². The molecule has 1 fully saturated rings. The first-order chi connectivity index (χ1) is 13.2. The minimum Gasteiger partial charge on any atom is -0.496 e. The summed E-state index contributed by atoms with van der Waals surface area (Å²) in [6, 6.07) is 16.8. The fraction of sp³-hybridized carbons (Fsp3) is 0.364. The number of carbonyl (C=O) groups excluding carboxylic acids is 1. The van der Waals surface area contributed by atoms with E-state index in [0.29, 0.717) is 17.9 Å². The van der Waals surface area contributed by atoms with Crippen LogP contribution in [0.3, 0.4) is 0 Å². The Kier molecular flexibility index (Phi) is 5.97. The molecule has 0 spiro atoms. The van der Waals surface area contributed by atoms with Gasteiger partial charge in [-0.2, -0.15) is 5.26 Å². The van der Waals surface area contributed by atoms with E-state index in [1.165, 1.54) is 5.56 Å². The Labute approximate surface area is 159 Å². The van der Waals surface area contributed by atoms with E-state index in [9.17, 15) is 4.79 Å².